The highest BCUT2D eigenvalue weighted by molar-refractivity contribution is 14.1. The Balaban J connectivity index is 2.56. The van der Waals surface area contributed by atoms with Gasteiger partial charge in [0.15, 0.2) is 0 Å². The van der Waals surface area contributed by atoms with Gasteiger partial charge in [0.2, 0.25) is 0 Å². The van der Waals surface area contributed by atoms with E-state index in [4.69, 9.17) is 5.11 Å². The highest BCUT2D eigenvalue weighted by Crippen LogP contribution is 2.36. The molecule has 0 amide bonds. The zero-order chi connectivity index (χ0) is 7.61. The molecule has 1 aliphatic carbocycles. The molecule has 58 valence electrons. The van der Waals surface area contributed by atoms with E-state index >= 15 is 0 Å². The maximum Gasteiger partial charge on any atom is 0.319 e. The van der Waals surface area contributed by atoms with Crippen molar-refractivity contribution in [3.05, 3.63) is 0 Å². The van der Waals surface area contributed by atoms with E-state index < -0.39 is 9.39 Å². The Labute approximate surface area is 74.1 Å². The van der Waals surface area contributed by atoms with Gasteiger partial charge >= 0.3 is 5.97 Å². The van der Waals surface area contributed by atoms with E-state index in [0.29, 0.717) is 0 Å². The van der Waals surface area contributed by atoms with E-state index in [2.05, 4.69) is 22.6 Å². The molecule has 3 heteroatoms. The Kier molecular flexibility index (Phi) is 2.55. The molecule has 2 nitrogen and oxygen atoms in total. The van der Waals surface area contributed by atoms with E-state index in [1.807, 2.05) is 0 Å². The average molecular weight is 254 g/mol. The molecule has 0 aromatic carbocycles. The van der Waals surface area contributed by atoms with Crippen LogP contribution in [0.15, 0.2) is 0 Å². The summed E-state index contributed by atoms with van der Waals surface area (Å²) in [6.07, 6.45) is 5.06. The average Bonchev–Trinajstić information content (AvgIpc) is 1.89. The molecular formula is C7H11IO2. The zero-order valence-corrected chi connectivity index (χ0v) is 7.93. The lowest BCUT2D eigenvalue weighted by molar-refractivity contribution is -0.140. The fourth-order valence-corrected chi connectivity index (χ4v) is 2.09. The van der Waals surface area contributed by atoms with Crippen molar-refractivity contribution in [1.82, 2.24) is 0 Å². The molecule has 0 bridgehead atoms. The van der Waals surface area contributed by atoms with Crippen molar-refractivity contribution in [2.45, 2.75) is 35.5 Å². The third kappa shape index (κ3) is 1.62. The number of hydrogen-bond donors (Lipinski definition) is 1. The van der Waals surface area contributed by atoms with E-state index in [0.717, 1.165) is 25.7 Å². The molecule has 1 saturated carbocycles. The van der Waals surface area contributed by atoms with Gasteiger partial charge in [0.05, 0.1) is 0 Å². The standard InChI is InChI=1S/C7H11IO2/c8-7(6(9)10)4-2-1-3-5-7/h1-5H2,(H,9,10). The van der Waals surface area contributed by atoms with E-state index in [1.54, 1.807) is 0 Å². The van der Waals surface area contributed by atoms with Crippen LogP contribution in [0.25, 0.3) is 0 Å². The van der Waals surface area contributed by atoms with Crippen molar-refractivity contribution in [2.75, 3.05) is 0 Å². The topological polar surface area (TPSA) is 37.3 Å². The lowest BCUT2D eigenvalue weighted by atomic mass is 9.89. The highest BCUT2D eigenvalue weighted by Gasteiger charge is 2.36. The Morgan fingerprint density at radius 3 is 2.10 bits per heavy atom. The van der Waals surface area contributed by atoms with E-state index in [-0.39, 0.29) is 0 Å². The summed E-state index contributed by atoms with van der Waals surface area (Å²) in [6, 6.07) is 0. The molecule has 0 aromatic heterocycles. The first-order valence-electron chi connectivity index (χ1n) is 3.57. The molecule has 0 saturated heterocycles. The molecule has 0 atom stereocenters. The number of carboxylic acids is 1. The second kappa shape index (κ2) is 3.07. The molecule has 0 spiro atoms. The number of hydrogen-bond acceptors (Lipinski definition) is 1. The van der Waals surface area contributed by atoms with Gasteiger partial charge in [0, 0.05) is 0 Å². The maximum absolute atomic E-state index is 10.7. The Hall–Kier alpha value is 0.200. The second-order valence-corrected chi connectivity index (χ2v) is 4.90. The van der Waals surface area contributed by atoms with Gasteiger partial charge in [0.25, 0.3) is 0 Å². The van der Waals surface area contributed by atoms with Crippen LogP contribution in [0.5, 0.6) is 0 Å². The first-order valence-corrected chi connectivity index (χ1v) is 4.65. The predicted octanol–water partition coefficient (Wildman–Crippen LogP) is 2.21. The normalized spacial score (nSPS) is 24.1. The van der Waals surface area contributed by atoms with Gasteiger partial charge in [-0.2, -0.15) is 0 Å². The SMILES string of the molecule is O=C(O)C1(I)CCCCC1. The molecule has 0 unspecified atom stereocenters. The summed E-state index contributed by atoms with van der Waals surface area (Å²) in [6.45, 7) is 0. The summed E-state index contributed by atoms with van der Waals surface area (Å²) in [4.78, 5) is 10.7. The van der Waals surface area contributed by atoms with Gasteiger partial charge < -0.3 is 5.11 Å². The van der Waals surface area contributed by atoms with Crippen molar-refractivity contribution < 1.29 is 9.90 Å². The Bertz CT molecular complexity index is 139. The maximum atomic E-state index is 10.7. The number of alkyl halides is 1. The van der Waals surface area contributed by atoms with Crippen molar-refractivity contribution >= 4 is 28.6 Å². The fourth-order valence-electron chi connectivity index (χ4n) is 1.33. The minimum atomic E-state index is -0.632. The van der Waals surface area contributed by atoms with Crippen LogP contribution >= 0.6 is 22.6 Å². The van der Waals surface area contributed by atoms with Crippen LogP contribution in [0.4, 0.5) is 0 Å². The van der Waals surface area contributed by atoms with E-state index in [9.17, 15) is 4.79 Å². The lowest BCUT2D eigenvalue weighted by Crippen LogP contribution is -2.33. The third-order valence-corrected chi connectivity index (χ3v) is 3.57. The van der Waals surface area contributed by atoms with Crippen LogP contribution < -0.4 is 0 Å². The monoisotopic (exact) mass is 254 g/mol. The zero-order valence-electron chi connectivity index (χ0n) is 5.77. The van der Waals surface area contributed by atoms with Gasteiger partial charge in [-0.1, -0.05) is 41.9 Å². The lowest BCUT2D eigenvalue weighted by Gasteiger charge is -2.26. The number of halogens is 1. The summed E-state index contributed by atoms with van der Waals surface area (Å²) >= 11 is 2.08. The van der Waals surface area contributed by atoms with Gasteiger partial charge in [-0.05, 0) is 12.8 Å². The van der Waals surface area contributed by atoms with E-state index in [1.165, 1.54) is 6.42 Å². The molecule has 0 aliphatic heterocycles. The van der Waals surface area contributed by atoms with Crippen LogP contribution in [-0.2, 0) is 4.79 Å². The Morgan fingerprint density at radius 2 is 1.80 bits per heavy atom. The number of carbonyl (C=O) groups is 1. The summed E-state index contributed by atoms with van der Waals surface area (Å²) < 4.78 is -0.435. The number of rotatable bonds is 1. The van der Waals surface area contributed by atoms with Crippen molar-refractivity contribution in [3.63, 3.8) is 0 Å². The molecular weight excluding hydrogens is 243 g/mol. The molecule has 0 aromatic rings. The third-order valence-electron chi connectivity index (χ3n) is 2.03. The van der Waals surface area contributed by atoms with Crippen LogP contribution in [0.1, 0.15) is 32.1 Å². The molecule has 0 heterocycles. The largest absolute Gasteiger partial charge is 0.480 e. The summed E-state index contributed by atoms with van der Waals surface area (Å²) in [7, 11) is 0. The smallest absolute Gasteiger partial charge is 0.319 e. The minimum absolute atomic E-state index is 0.435. The van der Waals surface area contributed by atoms with Gasteiger partial charge in [-0.25, -0.2) is 0 Å². The highest BCUT2D eigenvalue weighted by atomic mass is 127. The van der Waals surface area contributed by atoms with Gasteiger partial charge in [0.1, 0.15) is 3.42 Å². The first kappa shape index (κ1) is 8.30. The second-order valence-electron chi connectivity index (χ2n) is 2.83. The molecule has 1 N–H and O–H groups in total. The van der Waals surface area contributed by atoms with Crippen LogP contribution in [0.2, 0.25) is 0 Å². The molecule has 10 heavy (non-hydrogen) atoms. The van der Waals surface area contributed by atoms with Crippen molar-refractivity contribution in [2.24, 2.45) is 0 Å². The van der Waals surface area contributed by atoms with Gasteiger partial charge in [-0.3, -0.25) is 4.79 Å². The molecule has 0 radical (unpaired) electrons. The van der Waals surface area contributed by atoms with Crippen molar-refractivity contribution in [3.8, 4) is 0 Å². The quantitative estimate of drug-likeness (QED) is 0.575. The minimum Gasteiger partial charge on any atom is -0.480 e. The van der Waals surface area contributed by atoms with Crippen LogP contribution in [0.3, 0.4) is 0 Å². The fraction of sp³-hybridized carbons (Fsp3) is 0.857. The van der Waals surface area contributed by atoms with Gasteiger partial charge in [-0.15, -0.1) is 0 Å². The molecule has 1 rings (SSSR count). The molecule has 1 aliphatic rings. The van der Waals surface area contributed by atoms with Crippen molar-refractivity contribution in [1.29, 1.82) is 0 Å². The van der Waals surface area contributed by atoms with Crippen LogP contribution in [0, 0.1) is 0 Å². The first-order chi connectivity index (χ1) is 4.65. The molecule has 1 fully saturated rings. The number of carboxylic acid groups (broad SMARTS) is 1. The summed E-state index contributed by atoms with van der Waals surface area (Å²) in [5.41, 5.74) is 0. The summed E-state index contributed by atoms with van der Waals surface area (Å²) in [5.74, 6) is -0.632. The Morgan fingerprint density at radius 1 is 1.30 bits per heavy atom. The predicted molar refractivity (Wildman–Crippen MR) is 47.5 cm³/mol. The number of aliphatic carboxylic acids is 1. The van der Waals surface area contributed by atoms with Crippen LogP contribution in [-0.4, -0.2) is 14.5 Å². The summed E-state index contributed by atoms with van der Waals surface area (Å²) in [5, 5.41) is 8.79.